The molecular weight excluding hydrogens is 316 g/mol. The summed E-state index contributed by atoms with van der Waals surface area (Å²) < 4.78 is 0. The first kappa shape index (κ1) is 15.5. The molecule has 1 aromatic carbocycles. The van der Waals surface area contributed by atoms with Crippen LogP contribution in [0.4, 0.5) is 5.82 Å². The van der Waals surface area contributed by atoms with E-state index in [1.165, 1.54) is 28.8 Å². The number of anilines is 1. The number of hydrogen-bond donors (Lipinski definition) is 0. The van der Waals surface area contributed by atoms with Crippen LogP contribution in [0.25, 0.3) is 20.7 Å². The predicted octanol–water partition coefficient (Wildman–Crippen LogP) is 3.89. The summed E-state index contributed by atoms with van der Waals surface area (Å²) in [6.45, 7) is 7.77. The maximum atomic E-state index is 4.61. The topological polar surface area (TPSA) is 32.3 Å². The van der Waals surface area contributed by atoms with Gasteiger partial charge in [0, 0.05) is 31.1 Å². The number of hydrogen-bond acceptors (Lipinski definition) is 5. The second-order valence-electron chi connectivity index (χ2n) is 6.22. The van der Waals surface area contributed by atoms with E-state index in [0.29, 0.717) is 0 Å². The molecule has 0 bridgehead atoms. The average Bonchev–Trinajstić information content (AvgIpc) is 3.08. The zero-order valence-electron chi connectivity index (χ0n) is 14.0. The zero-order chi connectivity index (χ0) is 16.4. The minimum Gasteiger partial charge on any atom is -0.353 e. The van der Waals surface area contributed by atoms with E-state index < -0.39 is 0 Å². The van der Waals surface area contributed by atoms with E-state index >= 15 is 0 Å². The van der Waals surface area contributed by atoms with Crippen LogP contribution in [-0.2, 0) is 0 Å². The Bertz CT molecular complexity index is 807. The van der Waals surface area contributed by atoms with Crippen molar-refractivity contribution in [3.05, 3.63) is 42.7 Å². The van der Waals surface area contributed by atoms with Gasteiger partial charge in [0.15, 0.2) is 0 Å². The third-order valence-electron chi connectivity index (χ3n) is 4.58. The van der Waals surface area contributed by atoms with Gasteiger partial charge in [-0.3, -0.25) is 4.90 Å². The Hall–Kier alpha value is -1.98. The normalized spacial score (nSPS) is 16.0. The molecule has 4 nitrogen and oxygen atoms in total. The maximum Gasteiger partial charge on any atom is 0.140 e. The summed E-state index contributed by atoms with van der Waals surface area (Å²) in [6, 6.07) is 12.8. The molecule has 0 saturated carbocycles. The Balaban J connectivity index is 1.63. The van der Waals surface area contributed by atoms with Gasteiger partial charge in [-0.1, -0.05) is 37.3 Å². The summed E-state index contributed by atoms with van der Waals surface area (Å²) in [5, 5.41) is 1.19. The number of rotatable bonds is 4. The van der Waals surface area contributed by atoms with Gasteiger partial charge in [-0.15, -0.1) is 11.3 Å². The molecule has 3 aromatic rings. The molecule has 0 radical (unpaired) electrons. The van der Waals surface area contributed by atoms with Gasteiger partial charge in [0.1, 0.15) is 17.0 Å². The van der Waals surface area contributed by atoms with Gasteiger partial charge in [0.25, 0.3) is 0 Å². The minimum atomic E-state index is 1.04. The molecule has 0 aliphatic carbocycles. The first-order chi connectivity index (χ1) is 11.8. The molecule has 0 spiro atoms. The summed E-state index contributed by atoms with van der Waals surface area (Å²) in [7, 11) is 0. The molecule has 1 aliphatic rings. The standard InChI is InChI=1S/C19H22N4S/c1-2-8-22-9-11-23(12-10-22)18-16-13-17(15-6-4-3-5-7-15)24-19(16)21-14-20-18/h3-7,13-14H,2,8-12H2,1H3. The van der Waals surface area contributed by atoms with Gasteiger partial charge in [0.2, 0.25) is 0 Å². The van der Waals surface area contributed by atoms with Gasteiger partial charge < -0.3 is 4.90 Å². The lowest BCUT2D eigenvalue weighted by molar-refractivity contribution is 0.258. The molecule has 24 heavy (non-hydrogen) atoms. The minimum absolute atomic E-state index is 1.04. The summed E-state index contributed by atoms with van der Waals surface area (Å²) in [5.41, 5.74) is 1.25. The van der Waals surface area contributed by atoms with E-state index in [0.717, 1.165) is 36.8 Å². The van der Waals surface area contributed by atoms with Crippen molar-refractivity contribution in [2.75, 3.05) is 37.6 Å². The third kappa shape index (κ3) is 3.01. The summed E-state index contributed by atoms with van der Waals surface area (Å²) in [4.78, 5) is 16.4. The van der Waals surface area contributed by atoms with Crippen LogP contribution in [0, 0.1) is 0 Å². The highest BCUT2D eigenvalue weighted by Gasteiger charge is 2.20. The molecule has 0 unspecified atom stereocenters. The Kier molecular flexibility index (Phi) is 4.45. The van der Waals surface area contributed by atoms with Crippen LogP contribution in [0.5, 0.6) is 0 Å². The lowest BCUT2D eigenvalue weighted by Gasteiger charge is -2.35. The molecule has 2 aromatic heterocycles. The monoisotopic (exact) mass is 338 g/mol. The van der Waals surface area contributed by atoms with Crippen molar-refractivity contribution in [3.63, 3.8) is 0 Å². The molecule has 1 fully saturated rings. The summed E-state index contributed by atoms with van der Waals surface area (Å²) >= 11 is 1.75. The third-order valence-corrected chi connectivity index (χ3v) is 5.67. The lowest BCUT2D eigenvalue weighted by Crippen LogP contribution is -2.46. The van der Waals surface area contributed by atoms with Crippen LogP contribution < -0.4 is 4.90 Å². The molecule has 5 heteroatoms. The van der Waals surface area contributed by atoms with Gasteiger partial charge in [-0.2, -0.15) is 0 Å². The SMILES string of the molecule is CCCN1CCN(c2ncnc3sc(-c4ccccc4)cc23)CC1. The van der Waals surface area contributed by atoms with Crippen molar-refractivity contribution < 1.29 is 0 Å². The molecule has 124 valence electrons. The van der Waals surface area contributed by atoms with E-state index in [-0.39, 0.29) is 0 Å². The Morgan fingerprint density at radius 1 is 1.04 bits per heavy atom. The summed E-state index contributed by atoms with van der Waals surface area (Å²) in [5.74, 6) is 1.09. The van der Waals surface area contributed by atoms with E-state index in [2.05, 4.69) is 63.1 Å². The van der Waals surface area contributed by atoms with Gasteiger partial charge in [-0.25, -0.2) is 9.97 Å². The molecule has 0 N–H and O–H groups in total. The molecule has 0 atom stereocenters. The number of piperazine rings is 1. The van der Waals surface area contributed by atoms with Crippen molar-refractivity contribution in [1.82, 2.24) is 14.9 Å². The fourth-order valence-corrected chi connectivity index (χ4v) is 4.34. The Morgan fingerprint density at radius 3 is 2.58 bits per heavy atom. The Morgan fingerprint density at radius 2 is 1.83 bits per heavy atom. The van der Waals surface area contributed by atoms with Crippen molar-refractivity contribution in [1.29, 1.82) is 0 Å². The smallest absolute Gasteiger partial charge is 0.140 e. The van der Waals surface area contributed by atoms with E-state index in [4.69, 9.17) is 0 Å². The van der Waals surface area contributed by atoms with Crippen molar-refractivity contribution in [3.8, 4) is 10.4 Å². The number of thiophene rings is 1. The highest BCUT2D eigenvalue weighted by molar-refractivity contribution is 7.21. The van der Waals surface area contributed by atoms with Crippen LogP contribution in [0.15, 0.2) is 42.7 Å². The second kappa shape index (κ2) is 6.87. The number of aromatic nitrogens is 2. The highest BCUT2D eigenvalue weighted by atomic mass is 32.1. The maximum absolute atomic E-state index is 4.61. The first-order valence-electron chi connectivity index (χ1n) is 8.62. The van der Waals surface area contributed by atoms with E-state index in [1.807, 2.05) is 0 Å². The highest BCUT2D eigenvalue weighted by Crippen LogP contribution is 2.36. The fourth-order valence-electron chi connectivity index (χ4n) is 3.34. The number of fused-ring (bicyclic) bond motifs is 1. The van der Waals surface area contributed by atoms with E-state index in [9.17, 15) is 0 Å². The van der Waals surface area contributed by atoms with Crippen LogP contribution in [0.1, 0.15) is 13.3 Å². The van der Waals surface area contributed by atoms with Crippen molar-refractivity contribution in [2.45, 2.75) is 13.3 Å². The van der Waals surface area contributed by atoms with Crippen LogP contribution in [-0.4, -0.2) is 47.6 Å². The predicted molar refractivity (Wildman–Crippen MR) is 102 cm³/mol. The summed E-state index contributed by atoms with van der Waals surface area (Å²) in [6.07, 6.45) is 2.93. The molecular formula is C19H22N4S. The second-order valence-corrected chi connectivity index (χ2v) is 7.25. The van der Waals surface area contributed by atoms with E-state index in [1.54, 1.807) is 17.7 Å². The molecule has 1 aliphatic heterocycles. The first-order valence-corrected chi connectivity index (χ1v) is 9.44. The lowest BCUT2D eigenvalue weighted by atomic mass is 10.2. The molecule has 0 amide bonds. The number of nitrogens with zero attached hydrogens (tertiary/aromatic N) is 4. The largest absolute Gasteiger partial charge is 0.353 e. The quantitative estimate of drug-likeness (QED) is 0.722. The molecule has 1 saturated heterocycles. The van der Waals surface area contributed by atoms with Crippen LogP contribution in [0.3, 0.4) is 0 Å². The average molecular weight is 338 g/mol. The van der Waals surface area contributed by atoms with Crippen molar-refractivity contribution >= 4 is 27.4 Å². The molecule has 4 rings (SSSR count). The number of benzene rings is 1. The fraction of sp³-hybridized carbons (Fsp3) is 0.368. The van der Waals surface area contributed by atoms with Gasteiger partial charge in [-0.05, 0) is 24.6 Å². The Labute approximate surface area is 146 Å². The van der Waals surface area contributed by atoms with Gasteiger partial charge >= 0.3 is 0 Å². The van der Waals surface area contributed by atoms with Crippen molar-refractivity contribution in [2.24, 2.45) is 0 Å². The van der Waals surface area contributed by atoms with Crippen LogP contribution >= 0.6 is 11.3 Å². The molecule has 3 heterocycles. The zero-order valence-corrected chi connectivity index (χ0v) is 14.8. The van der Waals surface area contributed by atoms with Gasteiger partial charge in [0.05, 0.1) is 5.39 Å². The van der Waals surface area contributed by atoms with Crippen LogP contribution in [0.2, 0.25) is 0 Å².